The molecule has 2 fully saturated rings. The molecule has 1 aromatic rings. The van der Waals surface area contributed by atoms with Gasteiger partial charge in [0.05, 0.1) is 18.8 Å². The number of nitrogens with zero attached hydrogens (tertiary/aromatic N) is 1. The minimum atomic E-state index is -5.48. The summed E-state index contributed by atoms with van der Waals surface area (Å²) in [5.41, 5.74) is -1.24. The van der Waals surface area contributed by atoms with Gasteiger partial charge in [-0.05, 0) is 6.92 Å². The van der Waals surface area contributed by atoms with E-state index in [1.54, 1.807) is 0 Å². The second-order valence-electron chi connectivity index (χ2n) is 8.03. The number of aryl methyl sites for hydroxylation is 1. The molecular formula is C16H26N2O15P2S. The number of thiol groups is 1. The van der Waals surface area contributed by atoms with Crippen LogP contribution in [0.3, 0.4) is 0 Å². The van der Waals surface area contributed by atoms with E-state index in [9.17, 15) is 48.9 Å². The van der Waals surface area contributed by atoms with Gasteiger partial charge < -0.3 is 39.7 Å². The Bertz CT molecular complexity index is 1140. The Morgan fingerprint density at radius 3 is 2.39 bits per heavy atom. The fourth-order valence-corrected chi connectivity index (χ4v) is 5.92. The molecule has 0 aliphatic carbocycles. The van der Waals surface area contributed by atoms with Crippen molar-refractivity contribution in [3.05, 3.63) is 32.6 Å². The molecule has 1 aromatic heterocycles. The van der Waals surface area contributed by atoms with Crippen LogP contribution >= 0.6 is 28.3 Å². The van der Waals surface area contributed by atoms with E-state index < -0.39 is 82.6 Å². The standard InChI is InChI=1S/C16H26N2O15P2S/c1-6-3-18(16(24)17-14(6)23)10-2-7(19)8(30-10)4-29-34(25,26)33-35(27,28)32-15-13(22)12(21)11(20)9(5-36)31-15/h3,7-13,15,19-22,36H,2,4-5H2,1H3,(H,25,26)(H,27,28)(H,17,23,24)/t7-,8+,9+,10+,11+,12-,13+,15+/m0/s1. The number of hydrogen-bond acceptors (Lipinski definition) is 14. The molecule has 2 saturated heterocycles. The number of aliphatic hydroxyl groups is 4. The van der Waals surface area contributed by atoms with Crippen molar-refractivity contribution < 1.29 is 62.2 Å². The van der Waals surface area contributed by atoms with Gasteiger partial charge in [-0.2, -0.15) is 16.9 Å². The maximum absolute atomic E-state index is 12.2. The van der Waals surface area contributed by atoms with Crippen LogP contribution in [-0.4, -0.2) is 95.0 Å². The molecule has 2 aliphatic heterocycles. The summed E-state index contributed by atoms with van der Waals surface area (Å²) in [5, 5.41) is 39.7. The van der Waals surface area contributed by atoms with Crippen LogP contribution in [0.1, 0.15) is 18.2 Å². The summed E-state index contributed by atoms with van der Waals surface area (Å²) in [6.07, 6.45) is -11.3. The van der Waals surface area contributed by atoms with Gasteiger partial charge in [0.2, 0.25) is 0 Å². The molecule has 36 heavy (non-hydrogen) atoms. The zero-order chi connectivity index (χ0) is 27.0. The fraction of sp³-hybridized carbons (Fsp3) is 0.750. The largest absolute Gasteiger partial charge is 0.483 e. The Labute approximate surface area is 207 Å². The van der Waals surface area contributed by atoms with Crippen LogP contribution in [-0.2, 0) is 32.0 Å². The third-order valence-corrected chi connectivity index (χ3v) is 8.31. The van der Waals surface area contributed by atoms with Crippen molar-refractivity contribution in [2.24, 2.45) is 0 Å². The summed E-state index contributed by atoms with van der Waals surface area (Å²) in [6, 6.07) is 0. The van der Waals surface area contributed by atoms with Crippen LogP contribution in [0.4, 0.5) is 0 Å². The summed E-state index contributed by atoms with van der Waals surface area (Å²) in [4.78, 5) is 45.3. The maximum atomic E-state index is 12.2. The highest BCUT2D eigenvalue weighted by Gasteiger charge is 2.48. The smallest absolute Gasteiger partial charge is 0.390 e. The third kappa shape index (κ3) is 6.92. The molecule has 0 aromatic carbocycles. The van der Waals surface area contributed by atoms with Gasteiger partial charge in [-0.3, -0.25) is 23.4 Å². The minimum Gasteiger partial charge on any atom is -0.390 e. The molecule has 7 N–H and O–H groups in total. The van der Waals surface area contributed by atoms with Gasteiger partial charge >= 0.3 is 21.3 Å². The molecule has 0 spiro atoms. The van der Waals surface area contributed by atoms with Gasteiger partial charge in [0.25, 0.3) is 5.56 Å². The summed E-state index contributed by atoms with van der Waals surface area (Å²) in [5.74, 6) is -0.182. The molecule has 10 atom stereocenters. The van der Waals surface area contributed by atoms with E-state index in [2.05, 4.69) is 31.0 Å². The lowest BCUT2D eigenvalue weighted by Gasteiger charge is -2.39. The SMILES string of the molecule is Cc1cn([C@H]2C[C@H](O)[C@@H](COP(=O)(O)OP(=O)(O)O[C@H]3O[C@H](CS)[C@@H](O)[C@H](O)[C@H]3O)O2)c(=O)[nH]c1=O. The summed E-state index contributed by atoms with van der Waals surface area (Å²) in [6.45, 7) is 0.603. The molecule has 0 amide bonds. The van der Waals surface area contributed by atoms with E-state index in [-0.39, 0.29) is 17.7 Å². The summed E-state index contributed by atoms with van der Waals surface area (Å²) < 4.78 is 49.2. The second kappa shape index (κ2) is 11.4. The van der Waals surface area contributed by atoms with Gasteiger partial charge in [0.1, 0.15) is 30.6 Å². The van der Waals surface area contributed by atoms with Gasteiger partial charge in [0.15, 0.2) is 6.29 Å². The predicted octanol–water partition coefficient (Wildman–Crippen LogP) is -2.52. The lowest BCUT2D eigenvalue weighted by atomic mass is 10.0. The highest BCUT2D eigenvalue weighted by atomic mass is 32.1. The number of nitrogens with one attached hydrogen (secondary N) is 1. The van der Waals surface area contributed by atoms with E-state index in [1.807, 2.05) is 0 Å². The number of aromatic amines is 1. The van der Waals surface area contributed by atoms with Crippen LogP contribution in [0, 0.1) is 6.92 Å². The number of H-pyrrole nitrogens is 1. The molecule has 2 aliphatic rings. The quantitative estimate of drug-likeness (QED) is 0.111. The summed E-state index contributed by atoms with van der Waals surface area (Å²) >= 11 is 3.87. The third-order valence-electron chi connectivity index (χ3n) is 5.35. The maximum Gasteiger partial charge on any atom is 0.483 e. The van der Waals surface area contributed by atoms with Crippen molar-refractivity contribution in [1.29, 1.82) is 0 Å². The van der Waals surface area contributed by atoms with Crippen LogP contribution < -0.4 is 11.2 Å². The lowest BCUT2D eigenvalue weighted by Crippen LogP contribution is -2.58. The van der Waals surface area contributed by atoms with Gasteiger partial charge in [-0.1, -0.05) is 0 Å². The number of aromatic nitrogens is 2. The van der Waals surface area contributed by atoms with Crippen molar-refractivity contribution >= 4 is 28.3 Å². The van der Waals surface area contributed by atoms with Crippen LogP contribution in [0.25, 0.3) is 0 Å². The molecule has 0 saturated carbocycles. The number of phosphoric acid groups is 2. The molecule has 0 radical (unpaired) electrons. The zero-order valence-electron chi connectivity index (χ0n) is 18.5. The van der Waals surface area contributed by atoms with Crippen molar-refractivity contribution in [2.75, 3.05) is 12.4 Å². The molecular weight excluding hydrogens is 554 g/mol. The van der Waals surface area contributed by atoms with Crippen molar-refractivity contribution in [2.45, 2.75) is 62.5 Å². The highest BCUT2D eigenvalue weighted by molar-refractivity contribution is 7.80. The van der Waals surface area contributed by atoms with Gasteiger partial charge in [-0.25, -0.2) is 13.9 Å². The number of aliphatic hydroxyl groups excluding tert-OH is 4. The Morgan fingerprint density at radius 1 is 1.08 bits per heavy atom. The Balaban J connectivity index is 1.59. The second-order valence-corrected chi connectivity index (χ2v) is 11.4. The van der Waals surface area contributed by atoms with Gasteiger partial charge in [0, 0.05) is 23.9 Å². The topological polar surface area (TPSA) is 257 Å². The van der Waals surface area contributed by atoms with Crippen molar-refractivity contribution in [3.8, 4) is 0 Å². The number of hydrogen-bond donors (Lipinski definition) is 8. The zero-order valence-corrected chi connectivity index (χ0v) is 21.1. The molecule has 17 nitrogen and oxygen atoms in total. The average Bonchev–Trinajstić information content (AvgIpc) is 3.14. The van der Waals surface area contributed by atoms with Gasteiger partial charge in [-0.15, -0.1) is 0 Å². The molecule has 206 valence electrons. The normalized spacial score (nSPS) is 36.3. The van der Waals surface area contributed by atoms with E-state index in [0.717, 1.165) is 4.57 Å². The summed E-state index contributed by atoms with van der Waals surface area (Å²) in [7, 11) is -10.8. The monoisotopic (exact) mass is 580 g/mol. The van der Waals surface area contributed by atoms with E-state index in [4.69, 9.17) is 9.47 Å². The van der Waals surface area contributed by atoms with E-state index >= 15 is 0 Å². The molecule has 3 heterocycles. The molecule has 3 rings (SSSR count). The van der Waals surface area contributed by atoms with Crippen molar-refractivity contribution in [1.82, 2.24) is 9.55 Å². The molecule has 2 unspecified atom stereocenters. The predicted molar refractivity (Wildman–Crippen MR) is 119 cm³/mol. The first-order valence-electron chi connectivity index (χ1n) is 10.3. The first-order chi connectivity index (χ1) is 16.6. The minimum absolute atomic E-state index is 0.158. The number of phosphoric ester groups is 2. The Kier molecular flexibility index (Phi) is 9.40. The fourth-order valence-electron chi connectivity index (χ4n) is 3.46. The Morgan fingerprint density at radius 2 is 1.75 bits per heavy atom. The first kappa shape index (κ1) is 29.6. The van der Waals surface area contributed by atoms with Crippen LogP contribution in [0.5, 0.6) is 0 Å². The first-order valence-corrected chi connectivity index (χ1v) is 13.9. The highest BCUT2D eigenvalue weighted by Crippen LogP contribution is 2.61. The Hall–Kier alpha value is -0.950. The number of ether oxygens (including phenoxy) is 2. The lowest BCUT2D eigenvalue weighted by molar-refractivity contribution is -0.270. The van der Waals surface area contributed by atoms with E-state index in [1.165, 1.54) is 13.1 Å². The number of rotatable bonds is 9. The van der Waals surface area contributed by atoms with E-state index in [0.29, 0.717) is 0 Å². The average molecular weight is 580 g/mol. The molecule has 20 heteroatoms. The van der Waals surface area contributed by atoms with Crippen LogP contribution in [0.2, 0.25) is 0 Å². The van der Waals surface area contributed by atoms with Crippen LogP contribution in [0.15, 0.2) is 15.8 Å². The van der Waals surface area contributed by atoms with Crippen molar-refractivity contribution in [3.63, 3.8) is 0 Å². The molecule has 0 bridgehead atoms.